The minimum atomic E-state index is -0.859. The van der Waals surface area contributed by atoms with Gasteiger partial charge in [0, 0.05) is 13.6 Å². The predicted octanol–water partition coefficient (Wildman–Crippen LogP) is 2.81. The van der Waals surface area contributed by atoms with E-state index >= 15 is 0 Å². The molecule has 1 fully saturated rings. The maximum atomic E-state index is 12.8. The summed E-state index contributed by atoms with van der Waals surface area (Å²) in [4.78, 5) is 25.2. The summed E-state index contributed by atoms with van der Waals surface area (Å²) in [5, 5.41) is 18.5. The van der Waals surface area contributed by atoms with E-state index in [2.05, 4.69) is 10.4 Å². The number of amides is 1. The molecule has 2 rings (SSSR count). The van der Waals surface area contributed by atoms with Gasteiger partial charge in [-0.15, -0.1) is 0 Å². The molecule has 1 saturated heterocycles. The second-order valence-corrected chi connectivity index (χ2v) is 8.23. The summed E-state index contributed by atoms with van der Waals surface area (Å²) in [6, 6.07) is -0.371. The molecule has 0 radical (unpaired) electrons. The predicted molar refractivity (Wildman–Crippen MR) is 99.6 cm³/mol. The van der Waals surface area contributed by atoms with E-state index in [1.807, 2.05) is 6.92 Å². The molecule has 1 amide bonds. The van der Waals surface area contributed by atoms with Crippen LogP contribution in [0.15, 0.2) is 0 Å². The molecule has 0 bridgehead atoms. The number of rotatable bonds is 4. The molecule has 27 heavy (non-hydrogen) atoms. The standard InChI is InChI=1S/C17H29N5O5/c1-10-13(22(24)25)14(20(8)19-10)18-9-12-11(2)26-17(6,7)21(12)15(23)27-16(3,4)5/h11-12,18H,9H2,1-8H3/t11-,12-/m0/s1. The van der Waals surface area contributed by atoms with E-state index in [0.29, 0.717) is 11.5 Å². The Hall–Kier alpha value is -2.36. The van der Waals surface area contributed by atoms with Gasteiger partial charge in [0.2, 0.25) is 5.82 Å². The zero-order chi connectivity index (χ0) is 20.7. The summed E-state index contributed by atoms with van der Waals surface area (Å²) < 4.78 is 12.9. The number of anilines is 1. The molecule has 1 aliphatic heterocycles. The zero-order valence-corrected chi connectivity index (χ0v) is 17.2. The van der Waals surface area contributed by atoms with E-state index in [1.54, 1.807) is 53.5 Å². The van der Waals surface area contributed by atoms with Crippen LogP contribution in [0.5, 0.6) is 0 Å². The monoisotopic (exact) mass is 383 g/mol. The minimum absolute atomic E-state index is 0.0767. The van der Waals surface area contributed by atoms with E-state index in [9.17, 15) is 14.9 Å². The summed E-state index contributed by atoms with van der Waals surface area (Å²) in [5.74, 6) is 0.290. The molecule has 2 heterocycles. The largest absolute Gasteiger partial charge is 0.444 e. The highest BCUT2D eigenvalue weighted by Gasteiger charge is 2.49. The number of aromatic nitrogens is 2. The Morgan fingerprint density at radius 2 is 2.04 bits per heavy atom. The maximum absolute atomic E-state index is 12.8. The number of ether oxygens (including phenoxy) is 2. The lowest BCUT2D eigenvalue weighted by molar-refractivity contribution is -0.384. The van der Waals surface area contributed by atoms with E-state index < -0.39 is 22.3 Å². The highest BCUT2D eigenvalue weighted by molar-refractivity contribution is 5.70. The van der Waals surface area contributed by atoms with Crippen LogP contribution in [0.25, 0.3) is 0 Å². The highest BCUT2D eigenvalue weighted by Crippen LogP contribution is 2.34. The van der Waals surface area contributed by atoms with E-state index in [0.717, 1.165) is 0 Å². The molecule has 10 heteroatoms. The van der Waals surface area contributed by atoms with E-state index in [-0.39, 0.29) is 24.4 Å². The smallest absolute Gasteiger partial charge is 0.412 e. The van der Waals surface area contributed by atoms with Gasteiger partial charge < -0.3 is 14.8 Å². The third-order valence-electron chi connectivity index (χ3n) is 4.37. The van der Waals surface area contributed by atoms with Crippen LogP contribution < -0.4 is 5.32 Å². The number of aryl methyl sites for hydroxylation is 2. The van der Waals surface area contributed by atoms with Crippen molar-refractivity contribution in [2.75, 3.05) is 11.9 Å². The Labute approximate surface area is 158 Å². The van der Waals surface area contributed by atoms with Gasteiger partial charge in [-0.25, -0.2) is 9.48 Å². The van der Waals surface area contributed by atoms with Crippen molar-refractivity contribution in [1.29, 1.82) is 0 Å². The van der Waals surface area contributed by atoms with Gasteiger partial charge in [0.15, 0.2) is 0 Å². The Kier molecular flexibility index (Phi) is 5.42. The Balaban J connectivity index is 2.26. The summed E-state index contributed by atoms with van der Waals surface area (Å²) in [6.45, 7) is 12.7. The van der Waals surface area contributed by atoms with Gasteiger partial charge in [0.25, 0.3) is 0 Å². The maximum Gasteiger partial charge on any atom is 0.412 e. The fourth-order valence-corrected chi connectivity index (χ4v) is 3.39. The normalized spacial score (nSPS) is 22.0. The Bertz CT molecular complexity index is 737. The molecule has 0 spiro atoms. The van der Waals surface area contributed by atoms with Crippen LogP contribution in [0.1, 0.15) is 47.2 Å². The fraction of sp³-hybridized carbons (Fsp3) is 0.765. The quantitative estimate of drug-likeness (QED) is 0.628. The molecule has 1 N–H and O–H groups in total. The molecule has 0 aromatic carbocycles. The highest BCUT2D eigenvalue weighted by atomic mass is 16.6. The lowest BCUT2D eigenvalue weighted by Gasteiger charge is -2.35. The number of hydrogen-bond donors (Lipinski definition) is 1. The van der Waals surface area contributed by atoms with E-state index in [1.165, 1.54) is 4.68 Å². The summed E-state index contributed by atoms with van der Waals surface area (Å²) >= 11 is 0. The van der Waals surface area contributed by atoms with Crippen LogP contribution >= 0.6 is 0 Å². The number of nitrogens with zero attached hydrogens (tertiary/aromatic N) is 4. The molecule has 1 aromatic rings. The molecule has 2 atom stereocenters. The van der Waals surface area contributed by atoms with Gasteiger partial charge in [-0.1, -0.05) is 0 Å². The van der Waals surface area contributed by atoms with Crippen molar-refractivity contribution in [3.05, 3.63) is 15.8 Å². The van der Waals surface area contributed by atoms with Gasteiger partial charge in [-0.2, -0.15) is 5.10 Å². The van der Waals surface area contributed by atoms with Gasteiger partial charge in [0.1, 0.15) is 17.0 Å². The summed E-state index contributed by atoms with van der Waals surface area (Å²) in [7, 11) is 1.63. The molecular formula is C17H29N5O5. The molecule has 152 valence electrons. The van der Waals surface area contributed by atoms with Crippen molar-refractivity contribution >= 4 is 17.6 Å². The van der Waals surface area contributed by atoms with Crippen LogP contribution in [0.4, 0.5) is 16.3 Å². The first kappa shape index (κ1) is 20.9. The first-order chi connectivity index (χ1) is 12.2. The Morgan fingerprint density at radius 1 is 1.44 bits per heavy atom. The van der Waals surface area contributed by atoms with E-state index in [4.69, 9.17) is 9.47 Å². The third-order valence-corrected chi connectivity index (χ3v) is 4.37. The van der Waals surface area contributed by atoms with Crippen molar-refractivity contribution < 1.29 is 19.2 Å². The van der Waals surface area contributed by atoms with Gasteiger partial charge >= 0.3 is 11.8 Å². The molecule has 0 aliphatic carbocycles. The average Bonchev–Trinajstić information content (AvgIpc) is 2.86. The van der Waals surface area contributed by atoms with Crippen molar-refractivity contribution in [2.45, 2.75) is 71.9 Å². The lowest BCUT2D eigenvalue weighted by atomic mass is 10.1. The Morgan fingerprint density at radius 3 is 2.56 bits per heavy atom. The number of hydrogen-bond acceptors (Lipinski definition) is 7. The minimum Gasteiger partial charge on any atom is -0.444 e. The van der Waals surface area contributed by atoms with Crippen molar-refractivity contribution in [3.8, 4) is 0 Å². The van der Waals surface area contributed by atoms with Crippen molar-refractivity contribution in [3.63, 3.8) is 0 Å². The number of carbonyl (C=O) groups is 1. The molecule has 10 nitrogen and oxygen atoms in total. The molecule has 1 aromatic heterocycles. The van der Waals surface area contributed by atoms with Crippen molar-refractivity contribution in [2.24, 2.45) is 7.05 Å². The summed E-state index contributed by atoms with van der Waals surface area (Å²) in [6.07, 6.45) is -0.771. The molecule has 1 aliphatic rings. The molecule has 0 saturated carbocycles. The van der Waals surface area contributed by atoms with Crippen LogP contribution in [-0.4, -0.2) is 55.7 Å². The topological polar surface area (TPSA) is 112 Å². The number of nitrogens with one attached hydrogen (secondary N) is 1. The second-order valence-electron chi connectivity index (χ2n) is 8.23. The number of nitro groups is 1. The second kappa shape index (κ2) is 6.99. The van der Waals surface area contributed by atoms with Crippen LogP contribution in [0.2, 0.25) is 0 Å². The number of carbonyl (C=O) groups excluding carboxylic acids is 1. The van der Waals surface area contributed by atoms with Gasteiger partial charge in [-0.05, 0) is 48.5 Å². The average molecular weight is 383 g/mol. The SMILES string of the molecule is Cc1nn(C)c(NC[C@H]2[C@H](C)OC(C)(C)N2C(=O)OC(C)(C)C)c1[N+](=O)[O-]. The van der Waals surface area contributed by atoms with Crippen LogP contribution in [-0.2, 0) is 16.5 Å². The fourth-order valence-electron chi connectivity index (χ4n) is 3.39. The molecule has 0 unspecified atom stereocenters. The molecular weight excluding hydrogens is 354 g/mol. The first-order valence-electron chi connectivity index (χ1n) is 8.86. The lowest BCUT2D eigenvalue weighted by Crippen LogP contribution is -2.52. The van der Waals surface area contributed by atoms with Gasteiger partial charge in [-0.3, -0.25) is 15.0 Å². The first-order valence-corrected chi connectivity index (χ1v) is 8.86. The van der Waals surface area contributed by atoms with Crippen LogP contribution in [0.3, 0.4) is 0 Å². The van der Waals surface area contributed by atoms with Crippen LogP contribution in [0, 0.1) is 17.0 Å². The van der Waals surface area contributed by atoms with Crippen molar-refractivity contribution in [1.82, 2.24) is 14.7 Å². The zero-order valence-electron chi connectivity index (χ0n) is 17.2. The third kappa shape index (κ3) is 4.32. The summed E-state index contributed by atoms with van der Waals surface area (Å²) in [5.41, 5.74) is -1.26. The van der Waals surface area contributed by atoms with Gasteiger partial charge in [0.05, 0.1) is 17.1 Å².